The molecule has 0 aliphatic heterocycles. The molecule has 0 heterocycles. The summed E-state index contributed by atoms with van der Waals surface area (Å²) in [7, 11) is 0. The van der Waals surface area contributed by atoms with Crippen LogP contribution in [0.4, 0.5) is 8.78 Å². The summed E-state index contributed by atoms with van der Waals surface area (Å²) in [6.07, 6.45) is 0. The lowest BCUT2D eigenvalue weighted by atomic mass is 10.1. The molecule has 0 spiro atoms. The smallest absolute Gasteiger partial charge is 0.257 e. The Morgan fingerprint density at radius 1 is 1.10 bits per heavy atom. The molecule has 0 bridgehead atoms. The number of rotatable bonds is 4. The minimum absolute atomic E-state index is 0.0952. The molecule has 0 aromatic heterocycles. The number of halogens is 2. The Labute approximate surface area is 123 Å². The van der Waals surface area contributed by atoms with Gasteiger partial charge >= 0.3 is 0 Å². The van der Waals surface area contributed by atoms with Crippen LogP contribution in [0.2, 0.25) is 0 Å². The van der Waals surface area contributed by atoms with Crippen LogP contribution in [0, 0.1) is 11.6 Å². The molecule has 0 saturated carbocycles. The Hall–Kier alpha value is -2.23. The van der Waals surface area contributed by atoms with Crippen LogP contribution < -0.4 is 0 Å². The van der Waals surface area contributed by atoms with Crippen molar-refractivity contribution < 1.29 is 13.6 Å². The van der Waals surface area contributed by atoms with Crippen molar-refractivity contribution in [3.63, 3.8) is 0 Å². The Bertz CT molecular complexity index is 626. The molecule has 0 fully saturated rings. The Kier molecular flexibility index (Phi) is 4.68. The molecule has 2 rings (SSSR count). The van der Waals surface area contributed by atoms with E-state index in [1.54, 1.807) is 4.90 Å². The quantitative estimate of drug-likeness (QED) is 0.832. The van der Waals surface area contributed by atoms with E-state index >= 15 is 0 Å². The molecule has 2 aromatic carbocycles. The SMILES string of the molecule is CC(C)N(Cc1ccccc1)C(=O)c1ccc(F)cc1F. The summed E-state index contributed by atoms with van der Waals surface area (Å²) in [4.78, 5) is 14.0. The summed E-state index contributed by atoms with van der Waals surface area (Å²) in [6.45, 7) is 4.11. The van der Waals surface area contributed by atoms with Gasteiger partial charge < -0.3 is 4.90 Å². The monoisotopic (exact) mass is 289 g/mol. The fourth-order valence-electron chi connectivity index (χ4n) is 2.09. The van der Waals surface area contributed by atoms with Gasteiger partial charge in [-0.1, -0.05) is 30.3 Å². The summed E-state index contributed by atoms with van der Waals surface area (Å²) < 4.78 is 26.7. The third-order valence-corrected chi connectivity index (χ3v) is 3.24. The molecular formula is C17H17F2NO. The van der Waals surface area contributed by atoms with Crippen LogP contribution in [0.5, 0.6) is 0 Å². The molecule has 2 nitrogen and oxygen atoms in total. The maximum Gasteiger partial charge on any atom is 0.257 e. The van der Waals surface area contributed by atoms with Gasteiger partial charge in [-0.2, -0.15) is 0 Å². The summed E-state index contributed by atoms with van der Waals surface area (Å²) in [5, 5.41) is 0. The van der Waals surface area contributed by atoms with E-state index < -0.39 is 17.5 Å². The summed E-state index contributed by atoms with van der Waals surface area (Å²) in [5.41, 5.74) is 0.850. The van der Waals surface area contributed by atoms with Gasteiger partial charge in [0, 0.05) is 18.7 Å². The second-order valence-electron chi connectivity index (χ2n) is 5.14. The third kappa shape index (κ3) is 3.66. The molecule has 2 aromatic rings. The number of carbonyl (C=O) groups excluding carboxylic acids is 1. The van der Waals surface area contributed by atoms with Gasteiger partial charge in [-0.05, 0) is 31.5 Å². The maximum absolute atomic E-state index is 13.8. The normalized spacial score (nSPS) is 10.7. The number of hydrogen-bond donors (Lipinski definition) is 0. The molecule has 0 saturated heterocycles. The zero-order valence-corrected chi connectivity index (χ0v) is 12.0. The number of hydrogen-bond acceptors (Lipinski definition) is 1. The van der Waals surface area contributed by atoms with Crippen molar-refractivity contribution in [2.75, 3.05) is 0 Å². The Morgan fingerprint density at radius 3 is 2.33 bits per heavy atom. The largest absolute Gasteiger partial charge is 0.332 e. The van der Waals surface area contributed by atoms with E-state index in [-0.39, 0.29) is 11.6 Å². The molecule has 0 aliphatic rings. The van der Waals surface area contributed by atoms with Crippen LogP contribution in [0.15, 0.2) is 48.5 Å². The lowest BCUT2D eigenvalue weighted by Crippen LogP contribution is -2.36. The van der Waals surface area contributed by atoms with Crippen LogP contribution in [0.3, 0.4) is 0 Å². The molecule has 0 radical (unpaired) electrons. The third-order valence-electron chi connectivity index (χ3n) is 3.24. The van der Waals surface area contributed by atoms with Crippen LogP contribution in [0.25, 0.3) is 0 Å². The Morgan fingerprint density at radius 2 is 1.76 bits per heavy atom. The highest BCUT2D eigenvalue weighted by molar-refractivity contribution is 5.94. The molecule has 110 valence electrons. The first kappa shape index (κ1) is 15.2. The van der Waals surface area contributed by atoms with E-state index in [2.05, 4.69) is 0 Å². The fourth-order valence-corrected chi connectivity index (χ4v) is 2.09. The summed E-state index contributed by atoms with van der Waals surface area (Å²) in [6, 6.07) is 12.4. The average Bonchev–Trinajstić information content (AvgIpc) is 2.45. The van der Waals surface area contributed by atoms with E-state index in [9.17, 15) is 13.6 Å². The highest BCUT2D eigenvalue weighted by atomic mass is 19.1. The molecule has 0 N–H and O–H groups in total. The van der Waals surface area contributed by atoms with Crippen molar-refractivity contribution in [2.24, 2.45) is 0 Å². The fraction of sp³-hybridized carbons (Fsp3) is 0.235. The number of carbonyl (C=O) groups is 1. The summed E-state index contributed by atoms with van der Waals surface area (Å²) in [5.74, 6) is -1.96. The Balaban J connectivity index is 2.27. The van der Waals surface area contributed by atoms with Gasteiger partial charge in [-0.3, -0.25) is 4.79 Å². The first-order valence-electron chi connectivity index (χ1n) is 6.79. The standard InChI is InChI=1S/C17H17F2NO/c1-12(2)20(11-13-6-4-3-5-7-13)17(21)15-9-8-14(18)10-16(15)19/h3-10,12H,11H2,1-2H3. The van der Waals surface area contributed by atoms with Crippen LogP contribution in [-0.4, -0.2) is 16.8 Å². The highest BCUT2D eigenvalue weighted by Crippen LogP contribution is 2.16. The predicted octanol–water partition coefficient (Wildman–Crippen LogP) is 4.02. The van der Waals surface area contributed by atoms with Crippen LogP contribution in [0.1, 0.15) is 29.8 Å². The zero-order valence-electron chi connectivity index (χ0n) is 12.0. The first-order valence-corrected chi connectivity index (χ1v) is 6.79. The van der Waals surface area contributed by atoms with Crippen molar-refractivity contribution in [1.82, 2.24) is 4.90 Å². The minimum atomic E-state index is -0.835. The lowest BCUT2D eigenvalue weighted by molar-refractivity contribution is 0.0685. The van der Waals surface area contributed by atoms with E-state index in [1.165, 1.54) is 6.07 Å². The molecular weight excluding hydrogens is 272 g/mol. The lowest BCUT2D eigenvalue weighted by Gasteiger charge is -2.27. The summed E-state index contributed by atoms with van der Waals surface area (Å²) >= 11 is 0. The van der Waals surface area contributed by atoms with Gasteiger partial charge in [0.2, 0.25) is 0 Å². The van der Waals surface area contributed by atoms with Gasteiger partial charge in [0.1, 0.15) is 11.6 Å². The van der Waals surface area contributed by atoms with Gasteiger partial charge in [0.15, 0.2) is 0 Å². The van der Waals surface area contributed by atoms with Crippen LogP contribution in [-0.2, 0) is 6.54 Å². The first-order chi connectivity index (χ1) is 9.99. The zero-order chi connectivity index (χ0) is 15.4. The van der Waals surface area contributed by atoms with Gasteiger partial charge in [-0.15, -0.1) is 0 Å². The highest BCUT2D eigenvalue weighted by Gasteiger charge is 2.22. The topological polar surface area (TPSA) is 20.3 Å². The molecule has 4 heteroatoms. The average molecular weight is 289 g/mol. The van der Waals surface area contributed by atoms with E-state index in [0.717, 1.165) is 17.7 Å². The van der Waals surface area contributed by atoms with Crippen molar-refractivity contribution in [2.45, 2.75) is 26.4 Å². The van der Waals surface area contributed by atoms with Gasteiger partial charge in [-0.25, -0.2) is 8.78 Å². The van der Waals surface area contributed by atoms with E-state index in [4.69, 9.17) is 0 Å². The molecule has 0 unspecified atom stereocenters. The number of amides is 1. The van der Waals surface area contributed by atoms with Crippen molar-refractivity contribution >= 4 is 5.91 Å². The second-order valence-corrected chi connectivity index (χ2v) is 5.14. The van der Waals surface area contributed by atoms with Crippen molar-refractivity contribution in [3.05, 3.63) is 71.3 Å². The van der Waals surface area contributed by atoms with Crippen molar-refractivity contribution in [3.8, 4) is 0 Å². The predicted molar refractivity (Wildman–Crippen MR) is 77.8 cm³/mol. The number of benzene rings is 2. The van der Waals surface area contributed by atoms with E-state index in [0.29, 0.717) is 6.54 Å². The van der Waals surface area contributed by atoms with Gasteiger partial charge in [0.25, 0.3) is 5.91 Å². The van der Waals surface area contributed by atoms with Gasteiger partial charge in [0.05, 0.1) is 5.56 Å². The molecule has 0 aliphatic carbocycles. The number of nitrogens with zero attached hydrogens (tertiary/aromatic N) is 1. The molecule has 0 atom stereocenters. The second kappa shape index (κ2) is 6.48. The van der Waals surface area contributed by atoms with E-state index in [1.807, 2.05) is 44.2 Å². The molecule has 1 amide bonds. The van der Waals surface area contributed by atoms with Crippen LogP contribution >= 0.6 is 0 Å². The molecule has 21 heavy (non-hydrogen) atoms. The minimum Gasteiger partial charge on any atom is -0.332 e. The van der Waals surface area contributed by atoms with Crippen molar-refractivity contribution in [1.29, 1.82) is 0 Å². The maximum atomic E-state index is 13.8.